The van der Waals surface area contributed by atoms with Crippen molar-refractivity contribution in [1.82, 2.24) is 4.72 Å². The van der Waals surface area contributed by atoms with E-state index in [0.717, 1.165) is 18.9 Å². The molecule has 1 aliphatic rings. The first-order valence-electron chi connectivity index (χ1n) is 5.87. The lowest BCUT2D eigenvalue weighted by molar-refractivity contribution is 0.231. The van der Waals surface area contributed by atoms with E-state index >= 15 is 0 Å². The van der Waals surface area contributed by atoms with Crippen LogP contribution in [0.4, 0.5) is 4.39 Å². The van der Waals surface area contributed by atoms with Gasteiger partial charge >= 0.3 is 0 Å². The molecule has 4 nitrogen and oxygen atoms in total. The highest BCUT2D eigenvalue weighted by Crippen LogP contribution is 2.25. The Balaban J connectivity index is 2.22. The van der Waals surface area contributed by atoms with Crippen molar-refractivity contribution in [3.8, 4) is 5.75 Å². The van der Waals surface area contributed by atoms with E-state index in [4.69, 9.17) is 4.74 Å². The minimum atomic E-state index is -3.61. The van der Waals surface area contributed by atoms with Gasteiger partial charge in [0.15, 0.2) is 11.6 Å². The third-order valence-corrected chi connectivity index (χ3v) is 3.99. The average Bonchev–Trinajstić information content (AvgIpc) is 3.03. The van der Waals surface area contributed by atoms with Gasteiger partial charge in [-0.3, -0.25) is 0 Å². The monoisotopic (exact) mass is 273 g/mol. The van der Waals surface area contributed by atoms with Gasteiger partial charge < -0.3 is 4.74 Å². The Morgan fingerprint density at radius 3 is 2.56 bits per heavy atom. The number of benzene rings is 1. The Morgan fingerprint density at radius 1 is 1.39 bits per heavy atom. The van der Waals surface area contributed by atoms with Crippen LogP contribution in [-0.2, 0) is 10.0 Å². The van der Waals surface area contributed by atoms with Crippen molar-refractivity contribution in [2.75, 3.05) is 0 Å². The second-order valence-corrected chi connectivity index (χ2v) is 6.37. The van der Waals surface area contributed by atoms with Crippen LogP contribution in [0.1, 0.15) is 26.7 Å². The topological polar surface area (TPSA) is 55.4 Å². The summed E-state index contributed by atoms with van der Waals surface area (Å²) in [7, 11) is -3.61. The van der Waals surface area contributed by atoms with Gasteiger partial charge in [0.25, 0.3) is 0 Å². The Morgan fingerprint density at radius 2 is 2.06 bits per heavy atom. The van der Waals surface area contributed by atoms with Crippen molar-refractivity contribution in [1.29, 1.82) is 0 Å². The van der Waals surface area contributed by atoms with Gasteiger partial charge in [-0.05, 0) is 44.9 Å². The quantitative estimate of drug-likeness (QED) is 0.893. The van der Waals surface area contributed by atoms with Crippen molar-refractivity contribution in [3.63, 3.8) is 0 Å². The van der Waals surface area contributed by atoms with E-state index in [9.17, 15) is 12.8 Å². The maximum Gasteiger partial charge on any atom is 0.240 e. The van der Waals surface area contributed by atoms with E-state index in [-0.39, 0.29) is 22.8 Å². The second kappa shape index (κ2) is 4.85. The highest BCUT2D eigenvalue weighted by Gasteiger charge is 2.28. The van der Waals surface area contributed by atoms with Crippen molar-refractivity contribution in [2.24, 2.45) is 0 Å². The van der Waals surface area contributed by atoms with Gasteiger partial charge in [0.1, 0.15) is 0 Å². The first-order valence-corrected chi connectivity index (χ1v) is 7.35. The minimum absolute atomic E-state index is 0.00431. The van der Waals surface area contributed by atoms with E-state index in [1.165, 1.54) is 12.1 Å². The summed E-state index contributed by atoms with van der Waals surface area (Å²) in [5.41, 5.74) is 0. The molecule has 100 valence electrons. The molecule has 1 fully saturated rings. The van der Waals surface area contributed by atoms with Crippen LogP contribution in [0.15, 0.2) is 23.1 Å². The number of hydrogen-bond donors (Lipinski definition) is 1. The molecule has 0 radical (unpaired) electrons. The molecule has 0 heterocycles. The van der Waals surface area contributed by atoms with Crippen LogP contribution < -0.4 is 9.46 Å². The second-order valence-electron chi connectivity index (χ2n) is 4.65. The maximum atomic E-state index is 13.7. The zero-order valence-corrected chi connectivity index (χ0v) is 11.1. The summed E-state index contributed by atoms with van der Waals surface area (Å²) in [6, 6.07) is 3.69. The molecule has 0 unspecified atom stereocenters. The largest absolute Gasteiger partial charge is 0.488 e. The van der Waals surface area contributed by atoms with Crippen molar-refractivity contribution in [2.45, 2.75) is 43.7 Å². The van der Waals surface area contributed by atoms with E-state index in [2.05, 4.69) is 4.72 Å². The van der Waals surface area contributed by atoms with E-state index in [1.54, 1.807) is 13.8 Å². The molecule has 0 bridgehead atoms. The van der Waals surface area contributed by atoms with Crippen LogP contribution in [-0.4, -0.2) is 20.6 Å². The van der Waals surface area contributed by atoms with Gasteiger partial charge in [0, 0.05) is 6.04 Å². The SMILES string of the molecule is CC(C)Oc1ccc(S(=O)(=O)NC2CC2)cc1F. The molecule has 0 aliphatic heterocycles. The summed E-state index contributed by atoms with van der Waals surface area (Å²) in [5, 5.41) is 0. The van der Waals surface area contributed by atoms with Crippen LogP contribution in [0.3, 0.4) is 0 Å². The third-order valence-electron chi connectivity index (χ3n) is 2.48. The number of ether oxygens (including phenoxy) is 1. The summed E-state index contributed by atoms with van der Waals surface area (Å²) >= 11 is 0. The number of sulfonamides is 1. The molecule has 0 spiro atoms. The fourth-order valence-corrected chi connectivity index (χ4v) is 2.80. The fourth-order valence-electron chi connectivity index (χ4n) is 1.49. The number of hydrogen-bond acceptors (Lipinski definition) is 3. The molecule has 1 aromatic carbocycles. The molecule has 1 saturated carbocycles. The van der Waals surface area contributed by atoms with Crippen LogP contribution in [0, 0.1) is 5.82 Å². The maximum absolute atomic E-state index is 13.7. The predicted octanol–water partition coefficient (Wildman–Crippen LogP) is 2.05. The third kappa shape index (κ3) is 3.20. The van der Waals surface area contributed by atoms with Crippen LogP contribution in [0.5, 0.6) is 5.75 Å². The Labute approximate surface area is 106 Å². The van der Waals surface area contributed by atoms with E-state index < -0.39 is 15.8 Å². The number of rotatable bonds is 5. The molecule has 1 aromatic rings. The standard InChI is InChI=1S/C12H16FNO3S/c1-8(2)17-12-6-5-10(7-11(12)13)18(15,16)14-9-3-4-9/h5-9,14H,3-4H2,1-2H3. The molecule has 0 atom stereocenters. The molecule has 0 saturated heterocycles. The Kier molecular flexibility index (Phi) is 3.59. The minimum Gasteiger partial charge on any atom is -0.488 e. The molecule has 0 aromatic heterocycles. The van der Waals surface area contributed by atoms with Crippen LogP contribution >= 0.6 is 0 Å². The molecule has 18 heavy (non-hydrogen) atoms. The van der Waals surface area contributed by atoms with Gasteiger partial charge in [-0.1, -0.05) is 0 Å². The Hall–Kier alpha value is -1.14. The predicted molar refractivity (Wildman–Crippen MR) is 65.5 cm³/mol. The first-order chi connectivity index (χ1) is 8.38. The molecular formula is C12H16FNO3S. The molecule has 6 heteroatoms. The van der Waals surface area contributed by atoms with Gasteiger partial charge in [0.05, 0.1) is 11.0 Å². The van der Waals surface area contributed by atoms with Gasteiger partial charge in [0.2, 0.25) is 10.0 Å². The summed E-state index contributed by atoms with van der Waals surface area (Å²) in [5.74, 6) is -0.599. The van der Waals surface area contributed by atoms with Crippen LogP contribution in [0.2, 0.25) is 0 Å². The van der Waals surface area contributed by atoms with E-state index in [1.807, 2.05) is 0 Å². The number of halogens is 1. The van der Waals surface area contributed by atoms with E-state index in [0.29, 0.717) is 0 Å². The van der Waals surface area contributed by atoms with Crippen LogP contribution in [0.25, 0.3) is 0 Å². The van der Waals surface area contributed by atoms with Crippen molar-refractivity contribution >= 4 is 10.0 Å². The zero-order valence-electron chi connectivity index (χ0n) is 10.3. The summed E-state index contributed by atoms with van der Waals surface area (Å²) in [6.45, 7) is 3.55. The zero-order chi connectivity index (χ0) is 13.3. The van der Waals surface area contributed by atoms with Crippen molar-refractivity contribution in [3.05, 3.63) is 24.0 Å². The summed E-state index contributed by atoms with van der Waals surface area (Å²) < 4.78 is 45.1. The van der Waals surface area contributed by atoms with Gasteiger partial charge in [-0.15, -0.1) is 0 Å². The van der Waals surface area contributed by atoms with Crippen molar-refractivity contribution < 1.29 is 17.5 Å². The van der Waals surface area contributed by atoms with Gasteiger partial charge in [-0.25, -0.2) is 17.5 Å². The Bertz CT molecular complexity index is 538. The summed E-state index contributed by atoms with van der Waals surface area (Å²) in [4.78, 5) is -0.0667. The molecular weight excluding hydrogens is 257 g/mol. The molecule has 1 aliphatic carbocycles. The molecule has 1 N–H and O–H groups in total. The highest BCUT2D eigenvalue weighted by atomic mass is 32.2. The smallest absolute Gasteiger partial charge is 0.240 e. The molecule has 2 rings (SSSR count). The highest BCUT2D eigenvalue weighted by molar-refractivity contribution is 7.89. The summed E-state index contributed by atoms with van der Waals surface area (Å²) in [6.07, 6.45) is 1.53. The van der Waals surface area contributed by atoms with Gasteiger partial charge in [-0.2, -0.15) is 0 Å². The normalized spacial score (nSPS) is 16.0. The molecule has 0 amide bonds. The number of nitrogens with one attached hydrogen (secondary N) is 1. The average molecular weight is 273 g/mol. The first kappa shape index (κ1) is 13.3. The lowest BCUT2D eigenvalue weighted by Crippen LogP contribution is -2.25. The lowest BCUT2D eigenvalue weighted by atomic mass is 10.3. The lowest BCUT2D eigenvalue weighted by Gasteiger charge is -2.11. The fraction of sp³-hybridized carbons (Fsp3) is 0.500.